The summed E-state index contributed by atoms with van der Waals surface area (Å²) in [6.07, 6.45) is 3.05. The minimum Gasteiger partial charge on any atom is -0.368 e. The largest absolute Gasteiger partial charge is 0.368 e. The fraction of sp³-hybridized carbons (Fsp3) is 0.105. The summed E-state index contributed by atoms with van der Waals surface area (Å²) in [5.41, 5.74) is 7.60. The van der Waals surface area contributed by atoms with Gasteiger partial charge in [-0.05, 0) is 30.3 Å². The number of primary amides is 1. The molecule has 0 bridgehead atoms. The second-order valence-corrected chi connectivity index (χ2v) is 7.22. The van der Waals surface area contributed by atoms with Crippen LogP contribution in [0.5, 0.6) is 0 Å². The molecule has 2 aromatic carbocycles. The summed E-state index contributed by atoms with van der Waals surface area (Å²) in [7, 11) is 0. The number of nitrogens with two attached hydrogens (primary N) is 1. The molecule has 10 heteroatoms. The third kappa shape index (κ3) is 3.87. The second-order valence-electron chi connectivity index (χ2n) is 6.30. The minimum absolute atomic E-state index is 0.114. The number of rotatable bonds is 5. The number of nitrogens with one attached hydrogen (secondary N) is 1. The van der Waals surface area contributed by atoms with E-state index >= 15 is 0 Å². The summed E-state index contributed by atoms with van der Waals surface area (Å²) < 4.78 is 2.33. The molecule has 0 saturated carbocycles. The van der Waals surface area contributed by atoms with Gasteiger partial charge < -0.3 is 11.1 Å². The van der Waals surface area contributed by atoms with Crippen molar-refractivity contribution < 1.29 is 9.59 Å². The lowest BCUT2D eigenvalue weighted by Crippen LogP contribution is -2.39. The van der Waals surface area contributed by atoms with Crippen molar-refractivity contribution in [3.05, 3.63) is 65.7 Å². The van der Waals surface area contributed by atoms with E-state index in [1.54, 1.807) is 28.9 Å². The van der Waals surface area contributed by atoms with Crippen molar-refractivity contribution in [1.82, 2.24) is 14.8 Å². The Morgan fingerprint density at radius 1 is 1.17 bits per heavy atom. The Kier molecular flexibility index (Phi) is 5.09. The van der Waals surface area contributed by atoms with E-state index in [0.717, 1.165) is 4.47 Å². The smallest absolute Gasteiger partial charge is 0.272 e. The summed E-state index contributed by atoms with van der Waals surface area (Å²) in [5, 5.41) is 12.8. The fourth-order valence-corrected chi connectivity index (χ4v) is 3.38. The topological polar surface area (TPSA) is 118 Å². The Morgan fingerprint density at radius 2 is 1.97 bits per heavy atom. The lowest BCUT2D eigenvalue weighted by Gasteiger charge is -2.20. The van der Waals surface area contributed by atoms with Gasteiger partial charge in [0.05, 0.1) is 17.1 Å². The van der Waals surface area contributed by atoms with Crippen LogP contribution >= 0.6 is 15.9 Å². The Labute approximate surface area is 174 Å². The minimum atomic E-state index is -0.726. The van der Waals surface area contributed by atoms with Gasteiger partial charge in [0, 0.05) is 10.9 Å². The normalized spacial score (nSPS) is 15.8. The van der Waals surface area contributed by atoms with Crippen LogP contribution in [0.1, 0.15) is 6.42 Å². The standard InChI is InChI=1S/C19H16BrN7O2/c20-12-6-7-16(26-11-22-10-23-26)14(8-12)24-19(29)15-9-17(18(21)28)27(25-15)13-4-2-1-3-5-13/h1-8,10-11,17H,9H2,(H2,21,28)(H,24,29). The summed E-state index contributed by atoms with van der Waals surface area (Å²) >= 11 is 3.41. The van der Waals surface area contributed by atoms with Crippen molar-refractivity contribution in [3.63, 3.8) is 0 Å². The summed E-state index contributed by atoms with van der Waals surface area (Å²) in [4.78, 5) is 28.8. The van der Waals surface area contributed by atoms with Crippen LogP contribution in [0, 0.1) is 0 Å². The van der Waals surface area contributed by atoms with Gasteiger partial charge in [-0.25, -0.2) is 9.67 Å². The average molecular weight is 454 g/mol. The van der Waals surface area contributed by atoms with E-state index in [9.17, 15) is 9.59 Å². The third-order valence-electron chi connectivity index (χ3n) is 4.39. The fourth-order valence-electron chi connectivity index (χ4n) is 3.02. The van der Waals surface area contributed by atoms with E-state index in [1.165, 1.54) is 17.7 Å². The van der Waals surface area contributed by atoms with Crippen molar-refractivity contribution in [1.29, 1.82) is 0 Å². The number of aromatic nitrogens is 3. The van der Waals surface area contributed by atoms with Crippen molar-refractivity contribution in [2.75, 3.05) is 10.3 Å². The van der Waals surface area contributed by atoms with Crippen molar-refractivity contribution in [2.24, 2.45) is 10.8 Å². The second kappa shape index (κ2) is 7.84. The number of benzene rings is 2. The van der Waals surface area contributed by atoms with Crippen molar-refractivity contribution >= 4 is 44.8 Å². The molecule has 4 rings (SSSR count). The molecule has 1 atom stereocenters. The van der Waals surface area contributed by atoms with E-state index in [2.05, 4.69) is 36.4 Å². The number of hydrogen-bond donors (Lipinski definition) is 2. The van der Waals surface area contributed by atoms with E-state index < -0.39 is 17.9 Å². The number of hydrogen-bond acceptors (Lipinski definition) is 6. The van der Waals surface area contributed by atoms with Crippen LogP contribution in [-0.4, -0.2) is 38.3 Å². The maximum absolute atomic E-state index is 12.9. The summed E-state index contributed by atoms with van der Waals surface area (Å²) in [5.74, 6) is -0.972. The SMILES string of the molecule is NC(=O)C1CC(C(=O)Nc2cc(Br)ccc2-n2cncn2)=NN1c1ccccc1. The van der Waals surface area contributed by atoms with Gasteiger partial charge in [0.15, 0.2) is 0 Å². The maximum Gasteiger partial charge on any atom is 0.272 e. The summed E-state index contributed by atoms with van der Waals surface area (Å²) in [6.45, 7) is 0. The molecule has 0 fully saturated rings. The molecule has 0 saturated heterocycles. The zero-order valence-electron chi connectivity index (χ0n) is 15.1. The first kappa shape index (κ1) is 18.8. The number of halogens is 1. The number of para-hydroxylation sites is 1. The molecule has 29 heavy (non-hydrogen) atoms. The van der Waals surface area contributed by atoms with E-state index in [0.29, 0.717) is 17.1 Å². The molecule has 1 aliphatic heterocycles. The molecule has 2 amide bonds. The van der Waals surface area contributed by atoms with Crippen LogP contribution in [-0.2, 0) is 9.59 Å². The van der Waals surface area contributed by atoms with Gasteiger partial charge in [-0.2, -0.15) is 10.2 Å². The van der Waals surface area contributed by atoms with E-state index in [1.807, 2.05) is 24.3 Å². The lowest BCUT2D eigenvalue weighted by molar-refractivity contribution is -0.119. The number of carbonyl (C=O) groups is 2. The van der Waals surface area contributed by atoms with Crippen LogP contribution in [0.4, 0.5) is 11.4 Å². The van der Waals surface area contributed by atoms with E-state index in [4.69, 9.17) is 5.73 Å². The molecule has 3 aromatic rings. The van der Waals surface area contributed by atoms with Crippen molar-refractivity contribution in [3.8, 4) is 5.69 Å². The number of anilines is 2. The molecule has 1 aromatic heterocycles. The van der Waals surface area contributed by atoms with Crippen LogP contribution in [0.2, 0.25) is 0 Å². The van der Waals surface area contributed by atoms with Gasteiger partial charge in [-0.3, -0.25) is 14.6 Å². The van der Waals surface area contributed by atoms with E-state index in [-0.39, 0.29) is 12.1 Å². The summed E-state index contributed by atoms with van der Waals surface area (Å²) in [6, 6.07) is 13.8. The molecule has 0 radical (unpaired) electrons. The molecule has 146 valence electrons. The highest BCUT2D eigenvalue weighted by Crippen LogP contribution is 2.27. The highest BCUT2D eigenvalue weighted by atomic mass is 79.9. The Hall–Kier alpha value is -3.53. The Balaban J connectivity index is 1.62. The maximum atomic E-state index is 12.9. The molecule has 3 N–H and O–H groups in total. The third-order valence-corrected chi connectivity index (χ3v) is 4.89. The number of nitrogens with zero attached hydrogens (tertiary/aromatic N) is 5. The predicted octanol–water partition coefficient (Wildman–Crippen LogP) is 2.09. The number of amides is 2. The first-order valence-corrected chi connectivity index (χ1v) is 9.49. The number of hydrazone groups is 1. The monoisotopic (exact) mass is 453 g/mol. The van der Waals surface area contributed by atoms with Gasteiger partial charge in [0.1, 0.15) is 24.4 Å². The van der Waals surface area contributed by atoms with Gasteiger partial charge in [0.25, 0.3) is 5.91 Å². The van der Waals surface area contributed by atoms with Crippen LogP contribution in [0.25, 0.3) is 5.69 Å². The zero-order valence-corrected chi connectivity index (χ0v) is 16.7. The molecule has 9 nitrogen and oxygen atoms in total. The quantitative estimate of drug-likeness (QED) is 0.612. The van der Waals surface area contributed by atoms with Gasteiger partial charge in [0.2, 0.25) is 5.91 Å². The van der Waals surface area contributed by atoms with Crippen LogP contribution in [0.15, 0.2) is 70.8 Å². The van der Waals surface area contributed by atoms with Crippen LogP contribution in [0.3, 0.4) is 0 Å². The molecule has 1 unspecified atom stereocenters. The highest BCUT2D eigenvalue weighted by Gasteiger charge is 2.35. The molecule has 2 heterocycles. The van der Waals surface area contributed by atoms with Crippen molar-refractivity contribution in [2.45, 2.75) is 12.5 Å². The highest BCUT2D eigenvalue weighted by molar-refractivity contribution is 9.10. The molecular formula is C19H16BrN7O2. The average Bonchev–Trinajstić information content (AvgIpc) is 3.39. The zero-order chi connectivity index (χ0) is 20.4. The first-order valence-electron chi connectivity index (χ1n) is 8.70. The molecular weight excluding hydrogens is 438 g/mol. The first-order chi connectivity index (χ1) is 14.0. The Bertz CT molecular complexity index is 1080. The van der Waals surface area contributed by atoms with Gasteiger partial charge in [-0.15, -0.1) is 0 Å². The number of carbonyl (C=O) groups excluding carboxylic acids is 2. The van der Waals surface area contributed by atoms with Crippen LogP contribution < -0.4 is 16.1 Å². The molecule has 1 aliphatic rings. The molecule has 0 spiro atoms. The molecule has 0 aliphatic carbocycles. The van der Waals surface area contributed by atoms with Gasteiger partial charge >= 0.3 is 0 Å². The Morgan fingerprint density at radius 3 is 2.66 bits per heavy atom. The van der Waals surface area contributed by atoms with Gasteiger partial charge in [-0.1, -0.05) is 34.1 Å². The predicted molar refractivity (Wildman–Crippen MR) is 112 cm³/mol. The lowest BCUT2D eigenvalue weighted by atomic mass is 10.1.